The van der Waals surface area contributed by atoms with E-state index in [-0.39, 0.29) is 11.9 Å². The molecular weight excluding hydrogens is 268 g/mol. The van der Waals surface area contributed by atoms with Gasteiger partial charge >= 0.3 is 5.97 Å². The summed E-state index contributed by atoms with van der Waals surface area (Å²) in [6.07, 6.45) is 3.11. The Hall–Kier alpha value is -2.04. The first-order valence-electron chi connectivity index (χ1n) is 7.25. The van der Waals surface area contributed by atoms with E-state index in [4.69, 9.17) is 5.73 Å². The second-order valence-electron chi connectivity index (χ2n) is 6.07. The van der Waals surface area contributed by atoms with Crippen molar-refractivity contribution in [1.82, 2.24) is 5.32 Å². The third-order valence-corrected chi connectivity index (χ3v) is 4.53. The maximum atomic E-state index is 12.3. The highest BCUT2D eigenvalue weighted by Crippen LogP contribution is 2.36. The van der Waals surface area contributed by atoms with Crippen molar-refractivity contribution >= 4 is 17.6 Å². The summed E-state index contributed by atoms with van der Waals surface area (Å²) >= 11 is 0. The molecule has 1 saturated carbocycles. The maximum absolute atomic E-state index is 12.3. The van der Waals surface area contributed by atoms with Crippen molar-refractivity contribution in [2.24, 2.45) is 5.41 Å². The minimum absolute atomic E-state index is 0.238. The predicted molar refractivity (Wildman–Crippen MR) is 81.1 cm³/mol. The molecule has 1 aromatic rings. The van der Waals surface area contributed by atoms with Crippen molar-refractivity contribution in [3.63, 3.8) is 0 Å². The van der Waals surface area contributed by atoms with Crippen LogP contribution in [0.5, 0.6) is 0 Å². The number of carboxylic acids is 1. The van der Waals surface area contributed by atoms with Crippen LogP contribution in [-0.4, -0.2) is 23.0 Å². The molecule has 114 valence electrons. The van der Waals surface area contributed by atoms with Gasteiger partial charge in [0.15, 0.2) is 0 Å². The molecule has 0 radical (unpaired) electrons. The molecule has 2 unspecified atom stereocenters. The van der Waals surface area contributed by atoms with Gasteiger partial charge in [-0.15, -0.1) is 0 Å². The van der Waals surface area contributed by atoms with Crippen LogP contribution in [0.3, 0.4) is 0 Å². The van der Waals surface area contributed by atoms with Crippen LogP contribution in [0.15, 0.2) is 18.2 Å². The Kier molecular flexibility index (Phi) is 4.21. The Morgan fingerprint density at radius 3 is 2.71 bits per heavy atom. The number of carbonyl (C=O) groups excluding carboxylic acids is 1. The number of benzene rings is 1. The van der Waals surface area contributed by atoms with Crippen molar-refractivity contribution in [3.8, 4) is 0 Å². The van der Waals surface area contributed by atoms with Gasteiger partial charge in [0, 0.05) is 17.3 Å². The maximum Gasteiger partial charge on any atom is 0.311 e. The molecule has 5 heteroatoms. The fourth-order valence-electron chi connectivity index (χ4n) is 2.88. The molecule has 1 aliphatic rings. The number of nitrogen functional groups attached to an aromatic ring is 1. The summed E-state index contributed by atoms with van der Waals surface area (Å²) in [4.78, 5) is 23.9. The van der Waals surface area contributed by atoms with E-state index in [1.807, 2.05) is 6.92 Å². The zero-order valence-corrected chi connectivity index (χ0v) is 12.5. The zero-order chi connectivity index (χ0) is 15.6. The Bertz CT molecular complexity index is 571. The van der Waals surface area contributed by atoms with Crippen LogP contribution in [0.1, 0.15) is 48.5 Å². The van der Waals surface area contributed by atoms with E-state index in [9.17, 15) is 14.7 Å². The molecule has 4 N–H and O–H groups in total. The van der Waals surface area contributed by atoms with Gasteiger partial charge < -0.3 is 16.2 Å². The number of hydrogen-bond donors (Lipinski definition) is 3. The quantitative estimate of drug-likeness (QED) is 0.745. The molecule has 0 heterocycles. The lowest BCUT2D eigenvalue weighted by Crippen LogP contribution is -2.52. The normalized spacial score (nSPS) is 25.3. The fourth-order valence-corrected chi connectivity index (χ4v) is 2.88. The molecular formula is C16H22N2O3. The second-order valence-corrected chi connectivity index (χ2v) is 6.07. The summed E-state index contributed by atoms with van der Waals surface area (Å²) in [6.45, 7) is 3.56. The third kappa shape index (κ3) is 3.01. The molecule has 1 aromatic carbocycles. The highest BCUT2D eigenvalue weighted by atomic mass is 16.4. The number of nitrogens with one attached hydrogen (secondary N) is 1. The molecule has 0 spiro atoms. The van der Waals surface area contributed by atoms with E-state index in [2.05, 4.69) is 5.32 Å². The molecule has 1 amide bonds. The molecule has 0 aliphatic heterocycles. The minimum atomic E-state index is -0.892. The van der Waals surface area contributed by atoms with E-state index in [0.29, 0.717) is 24.1 Å². The van der Waals surface area contributed by atoms with Gasteiger partial charge in [-0.3, -0.25) is 9.59 Å². The topological polar surface area (TPSA) is 92.4 Å². The number of aliphatic carboxylic acids is 1. The van der Waals surface area contributed by atoms with E-state index >= 15 is 0 Å². The minimum Gasteiger partial charge on any atom is -0.481 e. The van der Waals surface area contributed by atoms with Crippen molar-refractivity contribution in [2.75, 3.05) is 5.73 Å². The van der Waals surface area contributed by atoms with E-state index in [0.717, 1.165) is 18.4 Å². The lowest BCUT2D eigenvalue weighted by Gasteiger charge is -2.38. The lowest BCUT2D eigenvalue weighted by molar-refractivity contribution is -0.151. The Labute approximate surface area is 124 Å². The number of carboxylic acid groups (broad SMARTS) is 1. The Balaban J connectivity index is 2.17. The SMILES string of the molecule is Cc1cc(C(=O)NC2CCCCC2(C)C(=O)O)ccc1N. The van der Waals surface area contributed by atoms with E-state index < -0.39 is 11.4 Å². The Morgan fingerprint density at radius 1 is 1.38 bits per heavy atom. The zero-order valence-electron chi connectivity index (χ0n) is 12.5. The largest absolute Gasteiger partial charge is 0.481 e. The predicted octanol–water partition coefficient (Wildman–Crippen LogP) is 2.34. The van der Waals surface area contributed by atoms with Crippen LogP contribution in [0, 0.1) is 12.3 Å². The van der Waals surface area contributed by atoms with Gasteiger partial charge in [-0.05, 0) is 50.5 Å². The molecule has 21 heavy (non-hydrogen) atoms. The number of rotatable bonds is 3. The first-order valence-corrected chi connectivity index (χ1v) is 7.25. The summed E-state index contributed by atoms with van der Waals surface area (Å²) < 4.78 is 0. The summed E-state index contributed by atoms with van der Waals surface area (Å²) in [5.74, 6) is -1.08. The molecule has 1 aliphatic carbocycles. The number of amides is 1. The molecule has 0 aromatic heterocycles. The van der Waals surface area contributed by atoms with E-state index in [1.165, 1.54) is 0 Å². The standard InChI is InChI=1S/C16H22N2O3/c1-10-9-11(6-7-12(10)17)14(19)18-13-5-3-4-8-16(13,2)15(20)21/h6-7,9,13H,3-5,8,17H2,1-2H3,(H,18,19)(H,20,21). The lowest BCUT2D eigenvalue weighted by atomic mass is 9.71. The first kappa shape index (κ1) is 15.4. The van der Waals surface area contributed by atoms with Gasteiger partial charge in [0.25, 0.3) is 5.91 Å². The number of anilines is 1. The van der Waals surface area contributed by atoms with Crippen molar-refractivity contribution in [1.29, 1.82) is 0 Å². The van der Waals surface area contributed by atoms with Crippen LogP contribution in [0.2, 0.25) is 0 Å². The van der Waals surface area contributed by atoms with Gasteiger partial charge in [0.2, 0.25) is 0 Å². The van der Waals surface area contributed by atoms with E-state index in [1.54, 1.807) is 25.1 Å². The highest BCUT2D eigenvalue weighted by Gasteiger charge is 2.43. The number of aryl methyl sites for hydroxylation is 1. The summed E-state index contributed by atoms with van der Waals surface area (Å²) in [5, 5.41) is 12.4. The van der Waals surface area contributed by atoms with Crippen LogP contribution < -0.4 is 11.1 Å². The van der Waals surface area contributed by atoms with Gasteiger partial charge in [-0.1, -0.05) is 12.8 Å². The van der Waals surface area contributed by atoms with Crippen LogP contribution >= 0.6 is 0 Å². The average molecular weight is 290 g/mol. The number of carbonyl (C=O) groups is 2. The third-order valence-electron chi connectivity index (χ3n) is 4.53. The van der Waals surface area contributed by atoms with Crippen molar-refractivity contribution in [2.45, 2.75) is 45.6 Å². The summed E-state index contributed by atoms with van der Waals surface area (Å²) in [6, 6.07) is 4.75. The molecule has 0 bridgehead atoms. The van der Waals surface area contributed by atoms with Gasteiger partial charge in [0.1, 0.15) is 0 Å². The number of hydrogen-bond acceptors (Lipinski definition) is 3. The van der Waals surface area contributed by atoms with Crippen LogP contribution in [0.25, 0.3) is 0 Å². The van der Waals surface area contributed by atoms with Crippen molar-refractivity contribution < 1.29 is 14.7 Å². The summed E-state index contributed by atoms with van der Waals surface area (Å²) in [7, 11) is 0. The molecule has 0 saturated heterocycles. The van der Waals surface area contributed by atoms with Gasteiger partial charge in [-0.2, -0.15) is 0 Å². The molecule has 2 rings (SSSR count). The molecule has 2 atom stereocenters. The fraction of sp³-hybridized carbons (Fsp3) is 0.500. The second kappa shape index (κ2) is 5.76. The average Bonchev–Trinajstić information content (AvgIpc) is 2.44. The van der Waals surface area contributed by atoms with Crippen LogP contribution in [-0.2, 0) is 4.79 Å². The smallest absolute Gasteiger partial charge is 0.311 e. The van der Waals surface area contributed by atoms with Gasteiger partial charge in [-0.25, -0.2) is 0 Å². The number of nitrogens with two attached hydrogens (primary N) is 1. The van der Waals surface area contributed by atoms with Crippen LogP contribution in [0.4, 0.5) is 5.69 Å². The Morgan fingerprint density at radius 2 is 2.10 bits per heavy atom. The monoisotopic (exact) mass is 290 g/mol. The highest BCUT2D eigenvalue weighted by molar-refractivity contribution is 5.95. The molecule has 5 nitrogen and oxygen atoms in total. The van der Waals surface area contributed by atoms with Crippen molar-refractivity contribution in [3.05, 3.63) is 29.3 Å². The summed E-state index contributed by atoms with van der Waals surface area (Å²) in [5.41, 5.74) is 6.85. The van der Waals surface area contributed by atoms with Gasteiger partial charge in [0.05, 0.1) is 5.41 Å². The molecule has 1 fully saturated rings. The first-order chi connectivity index (χ1) is 9.84.